The number of hydrogen-bond acceptors (Lipinski definition) is 3. The molecule has 2 aliphatic rings. The van der Waals surface area contributed by atoms with E-state index in [1.807, 2.05) is 0 Å². The summed E-state index contributed by atoms with van der Waals surface area (Å²) in [5, 5.41) is 12.0. The van der Waals surface area contributed by atoms with Gasteiger partial charge < -0.3 is 16.2 Å². The highest BCUT2D eigenvalue weighted by Gasteiger charge is 2.38. The molecule has 2 aliphatic carbocycles. The first-order chi connectivity index (χ1) is 9.04. The Bertz CT molecular complexity index is 347. The van der Waals surface area contributed by atoms with Crippen LogP contribution in [0.25, 0.3) is 0 Å². The van der Waals surface area contributed by atoms with Crippen molar-refractivity contribution >= 4 is 11.9 Å². The molecule has 1 amide bonds. The fourth-order valence-corrected chi connectivity index (χ4v) is 3.29. The van der Waals surface area contributed by atoms with E-state index < -0.39 is 5.97 Å². The predicted molar refractivity (Wildman–Crippen MR) is 71.5 cm³/mol. The minimum Gasteiger partial charge on any atom is -0.481 e. The number of nitrogens with one attached hydrogen (secondary N) is 1. The molecule has 2 unspecified atom stereocenters. The first-order valence-electron chi connectivity index (χ1n) is 7.27. The minimum absolute atomic E-state index is 0.0188. The molecule has 0 aromatic carbocycles. The maximum absolute atomic E-state index is 12.0. The van der Waals surface area contributed by atoms with Gasteiger partial charge in [0.1, 0.15) is 0 Å². The Kier molecular flexibility index (Phi) is 4.45. The monoisotopic (exact) mass is 268 g/mol. The quantitative estimate of drug-likeness (QED) is 0.700. The summed E-state index contributed by atoms with van der Waals surface area (Å²) in [6.45, 7) is 0.572. The molecule has 4 N–H and O–H groups in total. The summed E-state index contributed by atoms with van der Waals surface area (Å²) >= 11 is 0. The van der Waals surface area contributed by atoms with Crippen molar-refractivity contribution in [1.82, 2.24) is 5.32 Å². The van der Waals surface area contributed by atoms with Gasteiger partial charge in [-0.25, -0.2) is 0 Å². The van der Waals surface area contributed by atoms with Crippen molar-refractivity contribution in [1.29, 1.82) is 0 Å². The second-order valence-electron chi connectivity index (χ2n) is 6.20. The molecule has 0 bridgehead atoms. The van der Waals surface area contributed by atoms with Crippen LogP contribution in [0.5, 0.6) is 0 Å². The Morgan fingerprint density at radius 2 is 2.00 bits per heavy atom. The molecule has 0 heterocycles. The zero-order valence-electron chi connectivity index (χ0n) is 11.4. The van der Waals surface area contributed by atoms with Gasteiger partial charge in [0.25, 0.3) is 0 Å². The number of nitrogens with two attached hydrogens (primary N) is 1. The third kappa shape index (κ3) is 3.47. The summed E-state index contributed by atoms with van der Waals surface area (Å²) in [6, 6.07) is 0.0252. The second kappa shape index (κ2) is 5.90. The highest BCUT2D eigenvalue weighted by atomic mass is 16.4. The Morgan fingerprint density at radius 3 is 2.53 bits per heavy atom. The zero-order valence-corrected chi connectivity index (χ0v) is 11.4. The van der Waals surface area contributed by atoms with E-state index in [-0.39, 0.29) is 23.3 Å². The van der Waals surface area contributed by atoms with Crippen LogP contribution in [0.1, 0.15) is 51.4 Å². The molecule has 0 radical (unpaired) electrons. The first kappa shape index (κ1) is 14.3. The minimum atomic E-state index is -0.739. The van der Waals surface area contributed by atoms with Gasteiger partial charge in [-0.05, 0) is 44.1 Å². The van der Waals surface area contributed by atoms with Crippen LogP contribution in [0.4, 0.5) is 0 Å². The SMILES string of the molecule is NCC1(CC(=O)NC2CCCC(C(=O)O)C2)CCC1. The lowest BCUT2D eigenvalue weighted by Crippen LogP contribution is -2.45. The Labute approximate surface area is 113 Å². The summed E-state index contributed by atoms with van der Waals surface area (Å²) in [7, 11) is 0. The third-order valence-corrected chi connectivity index (χ3v) is 4.77. The first-order valence-corrected chi connectivity index (χ1v) is 7.27. The van der Waals surface area contributed by atoms with Gasteiger partial charge in [0.15, 0.2) is 0 Å². The lowest BCUT2D eigenvalue weighted by molar-refractivity contribution is -0.143. The molecule has 2 fully saturated rings. The van der Waals surface area contributed by atoms with Crippen LogP contribution in [0.2, 0.25) is 0 Å². The molecular weight excluding hydrogens is 244 g/mol. The van der Waals surface area contributed by atoms with Crippen molar-refractivity contribution in [3.05, 3.63) is 0 Å². The van der Waals surface area contributed by atoms with Crippen LogP contribution >= 0.6 is 0 Å². The van der Waals surface area contributed by atoms with Gasteiger partial charge in [-0.3, -0.25) is 9.59 Å². The molecule has 0 saturated heterocycles. The highest BCUT2D eigenvalue weighted by molar-refractivity contribution is 5.77. The van der Waals surface area contributed by atoms with E-state index in [1.165, 1.54) is 0 Å². The van der Waals surface area contributed by atoms with Crippen molar-refractivity contribution in [3.8, 4) is 0 Å². The van der Waals surface area contributed by atoms with Gasteiger partial charge in [0, 0.05) is 12.5 Å². The number of amides is 1. The Morgan fingerprint density at radius 1 is 1.26 bits per heavy atom. The van der Waals surface area contributed by atoms with Gasteiger partial charge >= 0.3 is 5.97 Å². The van der Waals surface area contributed by atoms with Gasteiger partial charge in [-0.15, -0.1) is 0 Å². The molecule has 0 aromatic heterocycles. The van der Waals surface area contributed by atoms with Crippen LogP contribution in [0, 0.1) is 11.3 Å². The van der Waals surface area contributed by atoms with Gasteiger partial charge in [-0.2, -0.15) is 0 Å². The molecule has 2 rings (SSSR count). The molecule has 0 aromatic rings. The fourth-order valence-electron chi connectivity index (χ4n) is 3.29. The summed E-state index contributed by atoms with van der Waals surface area (Å²) < 4.78 is 0. The summed E-state index contributed by atoms with van der Waals surface area (Å²) in [4.78, 5) is 23.0. The predicted octanol–water partition coefficient (Wildman–Crippen LogP) is 1.27. The van der Waals surface area contributed by atoms with Crippen LogP contribution < -0.4 is 11.1 Å². The molecule has 2 atom stereocenters. The third-order valence-electron chi connectivity index (χ3n) is 4.77. The van der Waals surface area contributed by atoms with Crippen LogP contribution in [0.3, 0.4) is 0 Å². The van der Waals surface area contributed by atoms with Gasteiger partial charge in [0.2, 0.25) is 5.91 Å². The number of carboxylic acids is 1. The number of carbonyl (C=O) groups excluding carboxylic acids is 1. The second-order valence-corrected chi connectivity index (χ2v) is 6.20. The molecule has 5 heteroatoms. The highest BCUT2D eigenvalue weighted by Crippen LogP contribution is 2.42. The maximum Gasteiger partial charge on any atom is 0.306 e. The normalized spacial score (nSPS) is 29.3. The summed E-state index contributed by atoms with van der Waals surface area (Å²) in [5.41, 5.74) is 5.77. The van der Waals surface area contributed by atoms with E-state index in [4.69, 9.17) is 10.8 Å². The van der Waals surface area contributed by atoms with Crippen LogP contribution in [-0.4, -0.2) is 29.6 Å². The van der Waals surface area contributed by atoms with E-state index in [2.05, 4.69) is 5.32 Å². The standard InChI is InChI=1S/C14H24N2O3/c15-9-14(5-2-6-14)8-12(17)16-11-4-1-3-10(7-11)13(18)19/h10-11H,1-9,15H2,(H,16,17)(H,18,19). The summed E-state index contributed by atoms with van der Waals surface area (Å²) in [6.07, 6.45) is 6.81. The van der Waals surface area contributed by atoms with E-state index in [0.29, 0.717) is 19.4 Å². The number of aliphatic carboxylic acids is 1. The average molecular weight is 268 g/mol. The Hall–Kier alpha value is -1.10. The van der Waals surface area contributed by atoms with E-state index in [1.54, 1.807) is 0 Å². The van der Waals surface area contributed by atoms with Crippen LogP contribution in [-0.2, 0) is 9.59 Å². The largest absolute Gasteiger partial charge is 0.481 e. The molecular formula is C14H24N2O3. The van der Waals surface area contributed by atoms with Crippen molar-refractivity contribution in [2.24, 2.45) is 17.1 Å². The van der Waals surface area contributed by atoms with Crippen LogP contribution in [0.15, 0.2) is 0 Å². The van der Waals surface area contributed by atoms with Crippen molar-refractivity contribution < 1.29 is 14.7 Å². The maximum atomic E-state index is 12.0. The average Bonchev–Trinajstić information content (AvgIpc) is 2.34. The molecule has 0 spiro atoms. The van der Waals surface area contributed by atoms with E-state index in [9.17, 15) is 9.59 Å². The lowest BCUT2D eigenvalue weighted by Gasteiger charge is -2.41. The molecule has 2 saturated carbocycles. The number of carboxylic acid groups (broad SMARTS) is 1. The summed E-state index contributed by atoms with van der Waals surface area (Å²) in [5.74, 6) is -0.996. The smallest absolute Gasteiger partial charge is 0.306 e. The molecule has 19 heavy (non-hydrogen) atoms. The molecule has 108 valence electrons. The van der Waals surface area contributed by atoms with E-state index >= 15 is 0 Å². The van der Waals surface area contributed by atoms with Crippen molar-refractivity contribution in [2.75, 3.05) is 6.54 Å². The topological polar surface area (TPSA) is 92.4 Å². The zero-order chi connectivity index (χ0) is 13.9. The number of hydrogen-bond donors (Lipinski definition) is 3. The fraction of sp³-hybridized carbons (Fsp3) is 0.857. The lowest BCUT2D eigenvalue weighted by atomic mass is 9.66. The molecule has 0 aliphatic heterocycles. The molecule has 5 nitrogen and oxygen atoms in total. The number of rotatable bonds is 5. The number of carbonyl (C=O) groups is 2. The van der Waals surface area contributed by atoms with Crippen molar-refractivity contribution in [3.63, 3.8) is 0 Å². The van der Waals surface area contributed by atoms with Gasteiger partial charge in [0.05, 0.1) is 5.92 Å². The van der Waals surface area contributed by atoms with Gasteiger partial charge in [-0.1, -0.05) is 12.8 Å². The Balaban J connectivity index is 1.80. The van der Waals surface area contributed by atoms with E-state index in [0.717, 1.165) is 38.5 Å². The van der Waals surface area contributed by atoms with Crippen molar-refractivity contribution in [2.45, 2.75) is 57.4 Å².